The van der Waals surface area contributed by atoms with E-state index in [2.05, 4.69) is 38.2 Å². The maximum atomic E-state index is 5.63. The first-order valence-corrected chi connectivity index (χ1v) is 7.09. The van der Waals surface area contributed by atoms with Crippen LogP contribution in [0.3, 0.4) is 0 Å². The normalized spacial score (nSPS) is 11.4. The summed E-state index contributed by atoms with van der Waals surface area (Å²) in [5, 5.41) is 3.49. The molecule has 0 aromatic heterocycles. The van der Waals surface area contributed by atoms with Crippen molar-refractivity contribution in [1.29, 1.82) is 0 Å². The molecular formula is C16H27NO2. The van der Waals surface area contributed by atoms with Crippen molar-refractivity contribution in [3.8, 4) is 11.5 Å². The molecule has 0 saturated heterocycles. The lowest BCUT2D eigenvalue weighted by atomic mass is 10.1. The molecule has 108 valence electrons. The molecule has 0 spiro atoms. The average molecular weight is 265 g/mol. The zero-order valence-electron chi connectivity index (χ0n) is 12.9. The largest absolute Gasteiger partial charge is 0.490 e. The molecule has 0 saturated carbocycles. The summed E-state index contributed by atoms with van der Waals surface area (Å²) in [5.41, 5.74) is 1.43. The summed E-state index contributed by atoms with van der Waals surface area (Å²) in [6.45, 7) is 12.8. The highest BCUT2D eigenvalue weighted by molar-refractivity contribution is 5.43. The molecule has 0 bridgehead atoms. The highest BCUT2D eigenvalue weighted by Crippen LogP contribution is 2.28. The monoisotopic (exact) mass is 265 g/mol. The fourth-order valence-corrected chi connectivity index (χ4v) is 1.83. The molecule has 0 aliphatic carbocycles. The molecule has 3 heteroatoms. The van der Waals surface area contributed by atoms with Gasteiger partial charge < -0.3 is 14.8 Å². The summed E-state index contributed by atoms with van der Waals surface area (Å²) in [6.07, 6.45) is 0.990. The van der Waals surface area contributed by atoms with E-state index in [1.54, 1.807) is 0 Å². The van der Waals surface area contributed by atoms with Crippen LogP contribution >= 0.6 is 0 Å². The van der Waals surface area contributed by atoms with Gasteiger partial charge in [-0.2, -0.15) is 0 Å². The fourth-order valence-electron chi connectivity index (χ4n) is 1.83. The van der Waals surface area contributed by atoms with Crippen LogP contribution in [0, 0.1) is 0 Å². The summed E-state index contributed by atoms with van der Waals surface area (Å²) >= 11 is 0. The van der Waals surface area contributed by atoms with Gasteiger partial charge in [-0.3, -0.25) is 0 Å². The lowest BCUT2D eigenvalue weighted by molar-refractivity contribution is 0.287. The number of ether oxygens (including phenoxy) is 2. The third-order valence-electron chi connectivity index (χ3n) is 2.68. The summed E-state index contributed by atoms with van der Waals surface area (Å²) in [6, 6.07) is 6.19. The van der Waals surface area contributed by atoms with E-state index in [4.69, 9.17) is 9.47 Å². The predicted molar refractivity (Wildman–Crippen MR) is 80.2 cm³/mol. The molecule has 0 heterocycles. The first kappa shape index (κ1) is 15.8. The molecule has 3 nitrogen and oxygen atoms in total. The van der Waals surface area contributed by atoms with Crippen LogP contribution in [0.5, 0.6) is 11.5 Å². The van der Waals surface area contributed by atoms with Crippen LogP contribution in [-0.2, 0) is 6.42 Å². The van der Waals surface area contributed by atoms with E-state index in [-0.39, 0.29) is 5.54 Å². The zero-order chi connectivity index (χ0) is 14.3. The number of nitrogens with one attached hydrogen (secondary N) is 1. The smallest absolute Gasteiger partial charge is 0.161 e. The van der Waals surface area contributed by atoms with Crippen molar-refractivity contribution in [3.63, 3.8) is 0 Å². The lowest BCUT2D eigenvalue weighted by Gasteiger charge is -2.20. The van der Waals surface area contributed by atoms with Crippen LogP contribution < -0.4 is 14.8 Å². The minimum Gasteiger partial charge on any atom is -0.490 e. The molecule has 0 atom stereocenters. The first-order chi connectivity index (χ1) is 8.96. The van der Waals surface area contributed by atoms with Gasteiger partial charge in [-0.15, -0.1) is 0 Å². The lowest BCUT2D eigenvalue weighted by Crippen LogP contribution is -2.37. The van der Waals surface area contributed by atoms with Gasteiger partial charge in [-0.25, -0.2) is 0 Å². The summed E-state index contributed by atoms with van der Waals surface area (Å²) < 4.78 is 11.2. The van der Waals surface area contributed by atoms with Gasteiger partial charge >= 0.3 is 0 Å². The highest BCUT2D eigenvalue weighted by Gasteiger charge is 2.09. The molecule has 0 aliphatic rings. The van der Waals surface area contributed by atoms with Gasteiger partial charge in [-0.1, -0.05) is 6.07 Å². The first-order valence-electron chi connectivity index (χ1n) is 7.09. The van der Waals surface area contributed by atoms with Crippen molar-refractivity contribution in [3.05, 3.63) is 23.8 Å². The molecular weight excluding hydrogens is 238 g/mol. The van der Waals surface area contributed by atoms with Crippen molar-refractivity contribution in [2.75, 3.05) is 19.8 Å². The van der Waals surface area contributed by atoms with Crippen molar-refractivity contribution in [1.82, 2.24) is 5.32 Å². The Labute approximate surface area is 117 Å². The van der Waals surface area contributed by atoms with Crippen molar-refractivity contribution in [2.24, 2.45) is 0 Å². The molecule has 1 rings (SSSR count). The van der Waals surface area contributed by atoms with Gasteiger partial charge in [-0.05, 0) is 65.3 Å². The highest BCUT2D eigenvalue weighted by atomic mass is 16.5. The van der Waals surface area contributed by atoms with E-state index in [1.165, 1.54) is 5.56 Å². The van der Waals surface area contributed by atoms with Gasteiger partial charge in [0.25, 0.3) is 0 Å². The second-order valence-corrected chi connectivity index (χ2v) is 5.57. The van der Waals surface area contributed by atoms with E-state index < -0.39 is 0 Å². The topological polar surface area (TPSA) is 30.5 Å². The van der Waals surface area contributed by atoms with Crippen molar-refractivity contribution in [2.45, 2.75) is 46.6 Å². The molecule has 1 aromatic rings. The summed E-state index contributed by atoms with van der Waals surface area (Å²) in [5.74, 6) is 1.68. The Morgan fingerprint density at radius 1 is 1.00 bits per heavy atom. The van der Waals surface area contributed by atoms with Crippen LogP contribution in [0.25, 0.3) is 0 Å². The van der Waals surface area contributed by atoms with Gasteiger partial charge in [0.1, 0.15) is 0 Å². The van der Waals surface area contributed by atoms with Crippen LogP contribution in [0.1, 0.15) is 40.2 Å². The Morgan fingerprint density at radius 2 is 1.63 bits per heavy atom. The quantitative estimate of drug-likeness (QED) is 0.819. The van der Waals surface area contributed by atoms with Gasteiger partial charge in [0.15, 0.2) is 11.5 Å². The molecule has 0 radical (unpaired) electrons. The van der Waals surface area contributed by atoms with E-state index >= 15 is 0 Å². The van der Waals surface area contributed by atoms with Crippen molar-refractivity contribution >= 4 is 0 Å². The molecule has 1 N–H and O–H groups in total. The minimum absolute atomic E-state index is 0.161. The Morgan fingerprint density at radius 3 is 2.21 bits per heavy atom. The Balaban J connectivity index is 2.66. The third kappa shape index (κ3) is 5.97. The molecule has 0 amide bonds. The summed E-state index contributed by atoms with van der Waals surface area (Å²) in [4.78, 5) is 0. The maximum Gasteiger partial charge on any atom is 0.161 e. The maximum absolute atomic E-state index is 5.63. The van der Waals surface area contributed by atoms with Crippen LogP contribution in [-0.4, -0.2) is 25.3 Å². The standard InChI is InChI=1S/C16H27NO2/c1-6-18-14-9-8-13(12-15(14)19-7-2)10-11-17-16(3,4)5/h8-9,12,17H,6-7,10-11H2,1-5H3. The predicted octanol–water partition coefficient (Wildman–Crippen LogP) is 3.41. The number of hydrogen-bond acceptors (Lipinski definition) is 3. The minimum atomic E-state index is 0.161. The number of rotatable bonds is 7. The molecule has 0 unspecified atom stereocenters. The third-order valence-corrected chi connectivity index (χ3v) is 2.68. The number of hydrogen-bond donors (Lipinski definition) is 1. The summed E-state index contributed by atoms with van der Waals surface area (Å²) in [7, 11) is 0. The second kappa shape index (κ2) is 7.39. The van der Waals surface area contributed by atoms with Gasteiger partial charge in [0.2, 0.25) is 0 Å². The Hall–Kier alpha value is -1.22. The van der Waals surface area contributed by atoms with E-state index in [0.29, 0.717) is 13.2 Å². The average Bonchev–Trinajstić information content (AvgIpc) is 2.31. The molecule has 1 aromatic carbocycles. The van der Waals surface area contributed by atoms with Crippen LogP contribution in [0.4, 0.5) is 0 Å². The van der Waals surface area contributed by atoms with Crippen molar-refractivity contribution < 1.29 is 9.47 Å². The van der Waals surface area contributed by atoms with Gasteiger partial charge in [0.05, 0.1) is 13.2 Å². The van der Waals surface area contributed by atoms with Crippen LogP contribution in [0.15, 0.2) is 18.2 Å². The fraction of sp³-hybridized carbons (Fsp3) is 0.625. The van der Waals surface area contributed by atoms with E-state index in [9.17, 15) is 0 Å². The Bertz CT molecular complexity index is 383. The van der Waals surface area contributed by atoms with Crippen LogP contribution in [0.2, 0.25) is 0 Å². The molecule has 0 aliphatic heterocycles. The van der Waals surface area contributed by atoms with E-state index in [1.807, 2.05) is 19.9 Å². The number of benzene rings is 1. The zero-order valence-corrected chi connectivity index (χ0v) is 12.9. The molecule has 0 fully saturated rings. The van der Waals surface area contributed by atoms with Gasteiger partial charge in [0, 0.05) is 5.54 Å². The van der Waals surface area contributed by atoms with E-state index in [0.717, 1.165) is 24.5 Å². The second-order valence-electron chi connectivity index (χ2n) is 5.57. The SMILES string of the molecule is CCOc1ccc(CCNC(C)(C)C)cc1OCC. The molecule has 19 heavy (non-hydrogen) atoms. The Kier molecular flexibility index (Phi) is 6.16.